The SMILES string of the molecule is CC(C)c1ccc(NC(=O)c2cccnc2NCCc2nc[nH]n2)cc1. The summed E-state index contributed by atoms with van der Waals surface area (Å²) in [6.07, 6.45) is 3.83. The molecule has 0 unspecified atom stereocenters. The Morgan fingerprint density at radius 1 is 1.15 bits per heavy atom. The highest BCUT2D eigenvalue weighted by atomic mass is 16.1. The second kappa shape index (κ2) is 8.24. The van der Waals surface area contributed by atoms with Crippen LogP contribution in [0.15, 0.2) is 48.9 Å². The average molecular weight is 350 g/mol. The van der Waals surface area contributed by atoms with Gasteiger partial charge >= 0.3 is 0 Å². The number of rotatable bonds is 7. The zero-order valence-corrected chi connectivity index (χ0v) is 14.9. The van der Waals surface area contributed by atoms with Crippen molar-refractivity contribution in [2.75, 3.05) is 17.2 Å². The lowest BCUT2D eigenvalue weighted by Crippen LogP contribution is -2.17. The summed E-state index contributed by atoms with van der Waals surface area (Å²) < 4.78 is 0. The normalized spacial score (nSPS) is 10.7. The van der Waals surface area contributed by atoms with Gasteiger partial charge in [-0.1, -0.05) is 26.0 Å². The first-order chi connectivity index (χ1) is 12.6. The van der Waals surface area contributed by atoms with E-state index in [1.807, 2.05) is 24.3 Å². The van der Waals surface area contributed by atoms with Crippen LogP contribution in [0.3, 0.4) is 0 Å². The van der Waals surface area contributed by atoms with E-state index in [1.54, 1.807) is 24.7 Å². The Labute approximate surface area is 152 Å². The number of carbonyl (C=O) groups excluding carboxylic acids is 1. The van der Waals surface area contributed by atoms with E-state index in [9.17, 15) is 4.79 Å². The summed E-state index contributed by atoms with van der Waals surface area (Å²) >= 11 is 0. The minimum absolute atomic E-state index is 0.198. The molecule has 0 radical (unpaired) electrons. The van der Waals surface area contributed by atoms with Crippen molar-refractivity contribution in [2.24, 2.45) is 0 Å². The molecular weight excluding hydrogens is 328 g/mol. The van der Waals surface area contributed by atoms with Gasteiger partial charge in [0.15, 0.2) is 5.82 Å². The van der Waals surface area contributed by atoms with Gasteiger partial charge in [-0.05, 0) is 35.7 Å². The zero-order valence-electron chi connectivity index (χ0n) is 14.9. The molecule has 0 aliphatic heterocycles. The third-order valence-electron chi connectivity index (χ3n) is 3.99. The lowest BCUT2D eigenvalue weighted by Gasteiger charge is -2.11. The van der Waals surface area contributed by atoms with E-state index in [-0.39, 0.29) is 5.91 Å². The maximum absolute atomic E-state index is 12.6. The number of nitrogens with zero attached hydrogens (tertiary/aromatic N) is 3. The Morgan fingerprint density at radius 2 is 1.96 bits per heavy atom. The summed E-state index contributed by atoms with van der Waals surface area (Å²) in [7, 11) is 0. The Bertz CT molecular complexity index is 843. The van der Waals surface area contributed by atoms with Crippen molar-refractivity contribution in [3.05, 3.63) is 65.9 Å². The fraction of sp³-hybridized carbons (Fsp3) is 0.263. The van der Waals surface area contributed by atoms with Gasteiger partial charge in [0.25, 0.3) is 5.91 Å². The second-order valence-electron chi connectivity index (χ2n) is 6.22. The average Bonchev–Trinajstić information content (AvgIpc) is 3.16. The van der Waals surface area contributed by atoms with Crippen molar-refractivity contribution >= 4 is 17.4 Å². The van der Waals surface area contributed by atoms with E-state index in [4.69, 9.17) is 0 Å². The molecule has 0 saturated carbocycles. The smallest absolute Gasteiger partial charge is 0.259 e. The molecule has 0 spiro atoms. The minimum Gasteiger partial charge on any atom is -0.369 e. The monoisotopic (exact) mass is 350 g/mol. The molecule has 2 aromatic heterocycles. The number of hydrogen-bond donors (Lipinski definition) is 3. The van der Waals surface area contributed by atoms with Gasteiger partial charge in [-0.2, -0.15) is 5.10 Å². The second-order valence-corrected chi connectivity index (χ2v) is 6.22. The minimum atomic E-state index is -0.198. The molecular formula is C19H22N6O. The van der Waals surface area contributed by atoms with Crippen LogP contribution in [0.25, 0.3) is 0 Å². The number of H-pyrrole nitrogens is 1. The molecule has 2 heterocycles. The highest BCUT2D eigenvalue weighted by Crippen LogP contribution is 2.19. The molecule has 134 valence electrons. The molecule has 1 amide bonds. The molecule has 3 N–H and O–H groups in total. The van der Waals surface area contributed by atoms with Gasteiger partial charge in [0.1, 0.15) is 12.1 Å². The predicted octanol–water partition coefficient (Wildman–Crippen LogP) is 3.23. The number of aromatic amines is 1. The molecule has 1 aromatic carbocycles. The molecule has 26 heavy (non-hydrogen) atoms. The lowest BCUT2D eigenvalue weighted by atomic mass is 10.0. The van der Waals surface area contributed by atoms with Crippen LogP contribution in [-0.4, -0.2) is 32.6 Å². The summed E-state index contributed by atoms with van der Waals surface area (Å²) in [4.78, 5) is 21.0. The van der Waals surface area contributed by atoms with E-state index >= 15 is 0 Å². The molecule has 3 rings (SSSR count). The summed E-state index contributed by atoms with van der Waals surface area (Å²) in [5.74, 6) is 1.51. The van der Waals surface area contributed by atoms with E-state index < -0.39 is 0 Å². The van der Waals surface area contributed by atoms with Crippen LogP contribution < -0.4 is 10.6 Å². The molecule has 3 aromatic rings. The van der Waals surface area contributed by atoms with Crippen molar-refractivity contribution < 1.29 is 4.79 Å². The molecule has 0 saturated heterocycles. The summed E-state index contributed by atoms with van der Waals surface area (Å²) in [5, 5.41) is 12.8. The van der Waals surface area contributed by atoms with E-state index in [0.717, 1.165) is 5.69 Å². The predicted molar refractivity (Wildman–Crippen MR) is 101 cm³/mol. The Hall–Kier alpha value is -3.22. The quantitative estimate of drug-likeness (QED) is 0.608. The Balaban J connectivity index is 1.65. The molecule has 7 heteroatoms. The number of carbonyl (C=O) groups is 1. The lowest BCUT2D eigenvalue weighted by molar-refractivity contribution is 0.102. The first-order valence-electron chi connectivity index (χ1n) is 8.58. The Kier molecular flexibility index (Phi) is 5.58. The fourth-order valence-electron chi connectivity index (χ4n) is 2.53. The Morgan fingerprint density at radius 3 is 2.65 bits per heavy atom. The topological polar surface area (TPSA) is 95.6 Å². The number of benzene rings is 1. The van der Waals surface area contributed by atoms with Crippen LogP contribution in [0.4, 0.5) is 11.5 Å². The van der Waals surface area contributed by atoms with Crippen molar-refractivity contribution in [3.63, 3.8) is 0 Å². The highest BCUT2D eigenvalue weighted by molar-refractivity contribution is 6.07. The van der Waals surface area contributed by atoms with Crippen LogP contribution in [0, 0.1) is 0 Å². The van der Waals surface area contributed by atoms with E-state index in [0.29, 0.717) is 36.1 Å². The van der Waals surface area contributed by atoms with Crippen molar-refractivity contribution in [3.8, 4) is 0 Å². The van der Waals surface area contributed by atoms with Crippen LogP contribution >= 0.6 is 0 Å². The van der Waals surface area contributed by atoms with Crippen LogP contribution in [0.5, 0.6) is 0 Å². The summed E-state index contributed by atoms with van der Waals surface area (Å²) in [6.45, 7) is 4.86. The molecule has 0 fully saturated rings. The van der Waals surface area contributed by atoms with Gasteiger partial charge in [-0.3, -0.25) is 9.89 Å². The first kappa shape index (κ1) is 17.6. The van der Waals surface area contributed by atoms with Gasteiger partial charge in [0.2, 0.25) is 0 Å². The molecule has 0 aliphatic rings. The number of nitrogens with one attached hydrogen (secondary N) is 3. The van der Waals surface area contributed by atoms with Gasteiger partial charge in [-0.25, -0.2) is 9.97 Å². The van der Waals surface area contributed by atoms with Crippen molar-refractivity contribution in [2.45, 2.75) is 26.2 Å². The van der Waals surface area contributed by atoms with Gasteiger partial charge < -0.3 is 10.6 Å². The molecule has 0 bridgehead atoms. The van der Waals surface area contributed by atoms with Crippen LogP contribution in [0.2, 0.25) is 0 Å². The van der Waals surface area contributed by atoms with Crippen molar-refractivity contribution in [1.29, 1.82) is 0 Å². The zero-order chi connectivity index (χ0) is 18.4. The molecule has 0 aliphatic carbocycles. The number of aromatic nitrogens is 4. The maximum Gasteiger partial charge on any atom is 0.259 e. The third-order valence-corrected chi connectivity index (χ3v) is 3.99. The van der Waals surface area contributed by atoms with Crippen molar-refractivity contribution in [1.82, 2.24) is 20.2 Å². The standard InChI is InChI=1S/C19H22N6O/c1-13(2)14-5-7-15(8-6-14)24-19(26)16-4-3-10-20-18(16)21-11-9-17-22-12-23-25-17/h3-8,10,12-13H,9,11H2,1-2H3,(H,20,21)(H,24,26)(H,22,23,25). The third kappa shape index (κ3) is 4.44. The first-order valence-corrected chi connectivity index (χ1v) is 8.58. The van der Waals surface area contributed by atoms with Gasteiger partial charge in [-0.15, -0.1) is 0 Å². The van der Waals surface area contributed by atoms with Gasteiger partial charge in [0, 0.05) is 24.8 Å². The van der Waals surface area contributed by atoms with E-state index in [1.165, 1.54) is 5.56 Å². The molecule has 0 atom stereocenters. The van der Waals surface area contributed by atoms with Crippen LogP contribution in [0.1, 0.15) is 41.5 Å². The van der Waals surface area contributed by atoms with Crippen LogP contribution in [-0.2, 0) is 6.42 Å². The van der Waals surface area contributed by atoms with E-state index in [2.05, 4.69) is 44.6 Å². The fourth-order valence-corrected chi connectivity index (χ4v) is 2.53. The number of pyridine rings is 1. The maximum atomic E-state index is 12.6. The van der Waals surface area contributed by atoms with Gasteiger partial charge in [0.05, 0.1) is 5.56 Å². The number of amides is 1. The summed E-state index contributed by atoms with van der Waals surface area (Å²) in [5.41, 5.74) is 2.49. The highest BCUT2D eigenvalue weighted by Gasteiger charge is 2.12. The largest absolute Gasteiger partial charge is 0.369 e. The summed E-state index contributed by atoms with van der Waals surface area (Å²) in [6, 6.07) is 11.4. The number of anilines is 2. The number of hydrogen-bond acceptors (Lipinski definition) is 5. The molecule has 7 nitrogen and oxygen atoms in total.